The molecule has 3 nitrogen and oxygen atoms in total. The van der Waals surface area contributed by atoms with E-state index in [2.05, 4.69) is 4.99 Å². The van der Waals surface area contributed by atoms with Gasteiger partial charge in [-0.15, -0.1) is 11.3 Å². The quantitative estimate of drug-likeness (QED) is 0.633. The van der Waals surface area contributed by atoms with Gasteiger partial charge in [0.1, 0.15) is 17.3 Å². The maximum absolute atomic E-state index is 14.3. The highest BCUT2D eigenvalue weighted by molar-refractivity contribution is 7.07. The zero-order valence-electron chi connectivity index (χ0n) is 13.9. The Kier molecular flexibility index (Phi) is 5.40. The van der Waals surface area contributed by atoms with Crippen LogP contribution >= 0.6 is 11.3 Å². The van der Waals surface area contributed by atoms with Gasteiger partial charge in [-0.2, -0.15) is 0 Å². The Bertz CT molecular complexity index is 933. The summed E-state index contributed by atoms with van der Waals surface area (Å²) in [6, 6.07) is 12.8. The Balaban J connectivity index is 2.21. The Labute approximate surface area is 148 Å². The zero-order chi connectivity index (χ0) is 17.8. The van der Waals surface area contributed by atoms with E-state index in [1.165, 1.54) is 23.5 Å². The maximum Gasteiger partial charge on any atom is 0.190 e. The average Bonchev–Trinajstić information content (AvgIpc) is 3.01. The molecule has 0 saturated heterocycles. The number of nitrogens with zero attached hydrogens (tertiary/aromatic N) is 2. The molecule has 0 amide bonds. The molecule has 1 aromatic heterocycles. The predicted octanol–water partition coefficient (Wildman–Crippen LogP) is 4.93. The fourth-order valence-corrected chi connectivity index (χ4v) is 3.66. The van der Waals surface area contributed by atoms with Crippen molar-refractivity contribution in [3.8, 4) is 11.3 Å². The summed E-state index contributed by atoms with van der Waals surface area (Å²) < 4.78 is 35.4. The first-order valence-electron chi connectivity index (χ1n) is 7.85. The van der Waals surface area contributed by atoms with Gasteiger partial charge in [-0.25, -0.2) is 13.8 Å². The van der Waals surface area contributed by atoms with Gasteiger partial charge in [0.2, 0.25) is 0 Å². The highest BCUT2D eigenvalue weighted by atomic mass is 32.1. The minimum absolute atomic E-state index is 0.0867. The molecule has 1 heterocycles. The SMILES string of the molecule is COCC(C)n1c(-c2ccccc2F)csc1=Nc1ccccc1F. The third kappa shape index (κ3) is 3.70. The number of methoxy groups -OCH3 is 1. The van der Waals surface area contributed by atoms with Gasteiger partial charge in [0, 0.05) is 18.1 Å². The Hall–Kier alpha value is -2.31. The lowest BCUT2D eigenvalue weighted by Gasteiger charge is -2.17. The molecule has 0 aliphatic carbocycles. The molecule has 0 saturated carbocycles. The normalized spacial score (nSPS) is 13.2. The Morgan fingerprint density at radius 2 is 1.76 bits per heavy atom. The first kappa shape index (κ1) is 17.5. The largest absolute Gasteiger partial charge is 0.383 e. The van der Waals surface area contributed by atoms with Crippen LogP contribution in [0.2, 0.25) is 0 Å². The highest BCUT2D eigenvalue weighted by Crippen LogP contribution is 2.26. The summed E-state index contributed by atoms with van der Waals surface area (Å²) in [4.78, 5) is 5.04. The number of benzene rings is 2. The van der Waals surface area contributed by atoms with Crippen LogP contribution in [0.3, 0.4) is 0 Å². The molecular weight excluding hydrogens is 342 g/mol. The number of hydrogen-bond acceptors (Lipinski definition) is 3. The average molecular weight is 360 g/mol. The molecule has 6 heteroatoms. The lowest BCUT2D eigenvalue weighted by atomic mass is 10.1. The molecular formula is C19H18F2N2OS. The molecule has 0 aliphatic heterocycles. The van der Waals surface area contributed by atoms with Crippen LogP contribution in [0.15, 0.2) is 58.9 Å². The molecule has 1 atom stereocenters. The van der Waals surface area contributed by atoms with E-state index in [-0.39, 0.29) is 17.5 Å². The standard InChI is InChI=1S/C19H18F2N2OS/c1-13(11-24-2)23-18(14-7-3-4-8-15(14)20)12-25-19(23)22-17-10-6-5-9-16(17)21/h3-10,12-13H,11H2,1-2H3. The second-order valence-electron chi connectivity index (χ2n) is 5.62. The van der Waals surface area contributed by atoms with Crippen molar-refractivity contribution >= 4 is 17.0 Å². The van der Waals surface area contributed by atoms with Gasteiger partial charge in [-0.1, -0.05) is 24.3 Å². The third-order valence-electron chi connectivity index (χ3n) is 3.81. The number of aromatic nitrogens is 1. The van der Waals surface area contributed by atoms with Crippen LogP contribution < -0.4 is 4.80 Å². The smallest absolute Gasteiger partial charge is 0.190 e. The van der Waals surface area contributed by atoms with E-state index in [1.807, 2.05) is 16.9 Å². The maximum atomic E-state index is 14.3. The summed E-state index contributed by atoms with van der Waals surface area (Å²) in [5.74, 6) is -0.703. The molecule has 0 aliphatic rings. The van der Waals surface area contributed by atoms with Gasteiger partial charge in [0.25, 0.3) is 0 Å². The van der Waals surface area contributed by atoms with E-state index in [0.29, 0.717) is 22.7 Å². The highest BCUT2D eigenvalue weighted by Gasteiger charge is 2.16. The molecule has 3 rings (SSSR count). The first-order valence-corrected chi connectivity index (χ1v) is 8.73. The molecule has 0 fully saturated rings. The number of rotatable bonds is 5. The predicted molar refractivity (Wildman–Crippen MR) is 95.9 cm³/mol. The van der Waals surface area contributed by atoms with Gasteiger partial charge in [0.15, 0.2) is 4.80 Å². The third-order valence-corrected chi connectivity index (χ3v) is 4.65. The molecule has 3 aromatic rings. The van der Waals surface area contributed by atoms with Crippen molar-refractivity contribution in [3.63, 3.8) is 0 Å². The van der Waals surface area contributed by atoms with Gasteiger partial charge in [-0.3, -0.25) is 0 Å². The van der Waals surface area contributed by atoms with E-state index in [1.54, 1.807) is 43.5 Å². The topological polar surface area (TPSA) is 26.5 Å². The minimum atomic E-state index is -0.394. The molecule has 25 heavy (non-hydrogen) atoms. The lowest BCUT2D eigenvalue weighted by Crippen LogP contribution is -2.23. The Morgan fingerprint density at radius 3 is 2.44 bits per heavy atom. The second-order valence-corrected chi connectivity index (χ2v) is 6.46. The van der Waals surface area contributed by atoms with Gasteiger partial charge in [0.05, 0.1) is 18.3 Å². The van der Waals surface area contributed by atoms with Crippen molar-refractivity contribution in [3.05, 3.63) is 70.3 Å². The molecule has 1 unspecified atom stereocenters. The first-order chi connectivity index (χ1) is 12.1. The summed E-state index contributed by atoms with van der Waals surface area (Å²) in [6.07, 6.45) is 0. The van der Waals surface area contributed by atoms with Gasteiger partial charge in [-0.05, 0) is 31.2 Å². The van der Waals surface area contributed by atoms with Crippen molar-refractivity contribution in [1.29, 1.82) is 0 Å². The van der Waals surface area contributed by atoms with Crippen molar-refractivity contribution in [2.45, 2.75) is 13.0 Å². The second kappa shape index (κ2) is 7.72. The van der Waals surface area contributed by atoms with E-state index in [9.17, 15) is 8.78 Å². The fourth-order valence-electron chi connectivity index (χ4n) is 2.65. The van der Waals surface area contributed by atoms with Crippen LogP contribution in [0.5, 0.6) is 0 Å². The van der Waals surface area contributed by atoms with Crippen molar-refractivity contribution < 1.29 is 13.5 Å². The molecule has 0 bridgehead atoms. The van der Waals surface area contributed by atoms with Crippen molar-refractivity contribution in [1.82, 2.24) is 4.57 Å². The summed E-state index contributed by atoms with van der Waals surface area (Å²) in [6.45, 7) is 2.39. The van der Waals surface area contributed by atoms with Crippen LogP contribution in [-0.2, 0) is 4.74 Å². The Morgan fingerprint density at radius 1 is 1.08 bits per heavy atom. The van der Waals surface area contributed by atoms with E-state index in [4.69, 9.17) is 4.74 Å². The zero-order valence-corrected chi connectivity index (χ0v) is 14.8. The molecule has 0 spiro atoms. The molecule has 2 aromatic carbocycles. The number of hydrogen-bond donors (Lipinski definition) is 0. The number of ether oxygens (including phenoxy) is 1. The van der Waals surface area contributed by atoms with Gasteiger partial charge >= 0.3 is 0 Å². The number of para-hydroxylation sites is 1. The van der Waals surface area contributed by atoms with Crippen molar-refractivity contribution in [2.75, 3.05) is 13.7 Å². The van der Waals surface area contributed by atoms with E-state index >= 15 is 0 Å². The molecule has 0 radical (unpaired) electrons. The lowest BCUT2D eigenvalue weighted by molar-refractivity contribution is 0.162. The van der Waals surface area contributed by atoms with Crippen LogP contribution in [0.25, 0.3) is 11.3 Å². The van der Waals surface area contributed by atoms with E-state index in [0.717, 1.165) is 0 Å². The van der Waals surface area contributed by atoms with Crippen molar-refractivity contribution in [2.24, 2.45) is 4.99 Å². The monoisotopic (exact) mass is 360 g/mol. The molecule has 0 N–H and O–H groups in total. The summed E-state index contributed by atoms with van der Waals surface area (Å²) >= 11 is 1.34. The fraction of sp³-hybridized carbons (Fsp3) is 0.211. The van der Waals surface area contributed by atoms with Crippen LogP contribution in [0.1, 0.15) is 13.0 Å². The summed E-state index contributed by atoms with van der Waals surface area (Å²) in [7, 11) is 1.61. The van der Waals surface area contributed by atoms with Gasteiger partial charge < -0.3 is 9.30 Å². The van der Waals surface area contributed by atoms with E-state index < -0.39 is 5.82 Å². The molecule has 130 valence electrons. The van der Waals surface area contributed by atoms with Crippen LogP contribution in [0.4, 0.5) is 14.5 Å². The minimum Gasteiger partial charge on any atom is -0.383 e. The summed E-state index contributed by atoms with van der Waals surface area (Å²) in [5.41, 5.74) is 1.43. The number of thiazole rings is 1. The number of halogens is 2. The summed E-state index contributed by atoms with van der Waals surface area (Å²) in [5, 5.41) is 1.84. The van der Waals surface area contributed by atoms with Crippen LogP contribution in [0, 0.1) is 11.6 Å². The van der Waals surface area contributed by atoms with Crippen LogP contribution in [-0.4, -0.2) is 18.3 Å².